The van der Waals surface area contributed by atoms with E-state index in [1.54, 1.807) is 0 Å². The molecule has 4 aliphatic rings. The molecule has 3 fully saturated rings. The smallest absolute Gasteiger partial charge is 0.308 e. The largest absolute Gasteiger partial charge is 0.486 e. The fourth-order valence-corrected chi connectivity index (χ4v) is 5.81. The van der Waals surface area contributed by atoms with Crippen LogP contribution in [-0.2, 0) is 14.3 Å². The van der Waals surface area contributed by atoms with Gasteiger partial charge >= 0.3 is 5.97 Å². The van der Waals surface area contributed by atoms with Crippen LogP contribution in [0.2, 0.25) is 0 Å². The van der Waals surface area contributed by atoms with Gasteiger partial charge in [0.05, 0.1) is 25.0 Å². The number of piperidine rings is 1. The molecule has 6 heteroatoms. The minimum atomic E-state index is -0.513. The van der Waals surface area contributed by atoms with Crippen LogP contribution in [0.3, 0.4) is 0 Å². The van der Waals surface area contributed by atoms with Crippen LogP contribution < -0.4 is 4.74 Å². The molecule has 2 saturated carbocycles. The van der Waals surface area contributed by atoms with E-state index in [0.717, 1.165) is 12.8 Å². The van der Waals surface area contributed by atoms with E-state index in [4.69, 9.17) is 9.47 Å². The van der Waals surface area contributed by atoms with Crippen molar-refractivity contribution in [1.82, 2.24) is 4.90 Å². The predicted octanol–water partition coefficient (Wildman–Crippen LogP) is 2.46. The van der Waals surface area contributed by atoms with Crippen LogP contribution in [-0.4, -0.2) is 48.4 Å². The van der Waals surface area contributed by atoms with Gasteiger partial charge in [0.1, 0.15) is 11.4 Å². The lowest BCUT2D eigenvalue weighted by Gasteiger charge is -2.38. The number of ether oxygens (including phenoxy) is 2. The average molecular weight is 383 g/mol. The lowest BCUT2D eigenvalue weighted by Crippen LogP contribution is -2.46. The third-order valence-corrected chi connectivity index (χ3v) is 7.26. The zero-order valence-corrected chi connectivity index (χ0v) is 16.1. The number of fused-ring (bicyclic) bond motifs is 3. The third-order valence-electron chi connectivity index (χ3n) is 7.26. The van der Waals surface area contributed by atoms with E-state index in [-0.39, 0.29) is 35.4 Å². The highest BCUT2D eigenvalue weighted by Gasteiger charge is 2.71. The van der Waals surface area contributed by atoms with Gasteiger partial charge < -0.3 is 14.4 Å². The van der Waals surface area contributed by atoms with Crippen LogP contribution in [0.15, 0.2) is 24.3 Å². The second-order valence-electron chi connectivity index (χ2n) is 8.64. The summed E-state index contributed by atoms with van der Waals surface area (Å²) in [5.74, 6) is 1.10. The number of ketones is 1. The number of Topliss-reactive ketones (excluding diaryl/α,β-unsaturated/α-hetero) is 1. The molecule has 1 aromatic rings. The normalized spacial score (nSPS) is 33.8. The Morgan fingerprint density at radius 1 is 1.18 bits per heavy atom. The number of carbonyl (C=O) groups excluding carboxylic acids is 3. The SMILES string of the molecule is COC(=O)C1CCN(C(=O)[C@H]2[C@H]3CC[C@@]4(CC(=O)c5ccccc5O4)[C@@H]32)CC1. The lowest BCUT2D eigenvalue weighted by atomic mass is 9.84. The summed E-state index contributed by atoms with van der Waals surface area (Å²) in [4.78, 5) is 39.4. The van der Waals surface area contributed by atoms with Crippen LogP contribution in [0.25, 0.3) is 0 Å². The van der Waals surface area contributed by atoms with E-state index in [2.05, 4.69) is 0 Å². The zero-order valence-electron chi connectivity index (χ0n) is 16.1. The van der Waals surface area contributed by atoms with Crippen LogP contribution in [0.4, 0.5) is 0 Å². The Balaban J connectivity index is 1.29. The molecule has 0 aromatic heterocycles. The first-order valence-corrected chi connectivity index (χ1v) is 10.2. The van der Waals surface area contributed by atoms with Gasteiger partial charge in [0, 0.05) is 24.9 Å². The van der Waals surface area contributed by atoms with Crippen LogP contribution in [0.1, 0.15) is 42.5 Å². The van der Waals surface area contributed by atoms with E-state index in [0.29, 0.717) is 49.6 Å². The summed E-state index contributed by atoms with van der Waals surface area (Å²) in [7, 11) is 1.41. The molecule has 0 bridgehead atoms. The minimum Gasteiger partial charge on any atom is -0.486 e. The predicted molar refractivity (Wildman–Crippen MR) is 99.8 cm³/mol. The van der Waals surface area contributed by atoms with Crippen molar-refractivity contribution in [2.45, 2.75) is 37.7 Å². The molecule has 2 aliphatic carbocycles. The van der Waals surface area contributed by atoms with Crippen molar-refractivity contribution in [3.05, 3.63) is 29.8 Å². The van der Waals surface area contributed by atoms with E-state index in [9.17, 15) is 14.4 Å². The van der Waals surface area contributed by atoms with E-state index in [1.165, 1.54) is 7.11 Å². The number of hydrogen-bond acceptors (Lipinski definition) is 5. The number of benzene rings is 1. The van der Waals surface area contributed by atoms with E-state index >= 15 is 0 Å². The number of methoxy groups -OCH3 is 1. The number of likely N-dealkylation sites (tertiary alicyclic amines) is 1. The highest BCUT2D eigenvalue weighted by atomic mass is 16.5. The molecular formula is C22H25NO5. The Morgan fingerprint density at radius 2 is 1.93 bits per heavy atom. The number of para-hydroxylation sites is 1. The van der Waals surface area contributed by atoms with Gasteiger partial charge in [-0.3, -0.25) is 14.4 Å². The van der Waals surface area contributed by atoms with Crippen LogP contribution in [0.5, 0.6) is 5.75 Å². The molecular weight excluding hydrogens is 358 g/mol. The molecule has 0 unspecified atom stereocenters. The van der Waals surface area contributed by atoms with Gasteiger partial charge in [-0.25, -0.2) is 0 Å². The average Bonchev–Trinajstić information content (AvgIpc) is 3.37. The summed E-state index contributed by atoms with van der Waals surface area (Å²) in [6, 6.07) is 7.42. The maximum absolute atomic E-state index is 13.1. The second-order valence-corrected chi connectivity index (χ2v) is 8.64. The molecule has 28 heavy (non-hydrogen) atoms. The molecule has 5 rings (SSSR count). The highest BCUT2D eigenvalue weighted by molar-refractivity contribution is 6.00. The zero-order chi connectivity index (χ0) is 19.5. The van der Waals surface area contributed by atoms with Gasteiger partial charge in [-0.05, 0) is 43.7 Å². The van der Waals surface area contributed by atoms with Crippen molar-refractivity contribution < 1.29 is 23.9 Å². The lowest BCUT2D eigenvalue weighted by molar-refractivity contribution is -0.149. The topological polar surface area (TPSA) is 72.9 Å². The monoisotopic (exact) mass is 383 g/mol. The molecule has 2 heterocycles. The van der Waals surface area contributed by atoms with Crippen molar-refractivity contribution in [3.63, 3.8) is 0 Å². The van der Waals surface area contributed by atoms with Crippen molar-refractivity contribution in [3.8, 4) is 5.75 Å². The van der Waals surface area contributed by atoms with Crippen molar-refractivity contribution in [1.29, 1.82) is 0 Å². The molecule has 4 atom stereocenters. The van der Waals surface area contributed by atoms with Crippen molar-refractivity contribution in [2.75, 3.05) is 20.2 Å². The number of esters is 1. The third kappa shape index (κ3) is 2.57. The highest BCUT2D eigenvalue weighted by Crippen LogP contribution is 2.66. The Labute approximate surface area is 164 Å². The first-order valence-electron chi connectivity index (χ1n) is 10.2. The van der Waals surface area contributed by atoms with Gasteiger partial charge in [-0.15, -0.1) is 0 Å². The summed E-state index contributed by atoms with van der Waals surface area (Å²) < 4.78 is 11.2. The van der Waals surface area contributed by atoms with Gasteiger partial charge in [0.2, 0.25) is 5.91 Å². The summed E-state index contributed by atoms with van der Waals surface area (Å²) in [5, 5.41) is 0. The summed E-state index contributed by atoms with van der Waals surface area (Å²) >= 11 is 0. The first-order chi connectivity index (χ1) is 13.5. The molecule has 1 saturated heterocycles. The van der Waals surface area contributed by atoms with E-state index < -0.39 is 5.60 Å². The molecule has 0 radical (unpaired) electrons. The quantitative estimate of drug-likeness (QED) is 0.734. The fourth-order valence-electron chi connectivity index (χ4n) is 5.81. The molecule has 1 aromatic carbocycles. The Bertz CT molecular complexity index is 843. The van der Waals surface area contributed by atoms with Gasteiger partial charge in [-0.1, -0.05) is 12.1 Å². The standard InChI is InChI=1S/C22H25NO5/c1-27-21(26)13-7-10-23(11-8-13)20(25)18-15-6-9-22(19(15)18)12-16(24)14-4-2-3-5-17(14)28-22/h2-5,13,15,18-19H,6-12H2,1H3/t15-,18+,19+,22-/m1/s1. The van der Waals surface area contributed by atoms with Crippen LogP contribution in [0, 0.1) is 23.7 Å². The molecule has 148 valence electrons. The Kier molecular flexibility index (Phi) is 4.00. The van der Waals surface area contributed by atoms with Crippen molar-refractivity contribution in [2.24, 2.45) is 23.7 Å². The van der Waals surface area contributed by atoms with Gasteiger partial charge in [-0.2, -0.15) is 0 Å². The maximum atomic E-state index is 13.1. The van der Waals surface area contributed by atoms with Gasteiger partial charge in [0.25, 0.3) is 0 Å². The summed E-state index contributed by atoms with van der Waals surface area (Å²) in [6.45, 7) is 1.20. The molecule has 2 aliphatic heterocycles. The van der Waals surface area contributed by atoms with E-state index in [1.807, 2.05) is 29.2 Å². The Morgan fingerprint density at radius 3 is 2.68 bits per heavy atom. The fraction of sp³-hybridized carbons (Fsp3) is 0.591. The summed E-state index contributed by atoms with van der Waals surface area (Å²) in [6.07, 6.45) is 3.48. The van der Waals surface area contributed by atoms with Crippen molar-refractivity contribution >= 4 is 17.7 Å². The molecule has 1 amide bonds. The number of nitrogens with zero attached hydrogens (tertiary/aromatic N) is 1. The minimum absolute atomic E-state index is 0.0403. The number of carbonyl (C=O) groups is 3. The first kappa shape index (κ1) is 17.7. The number of rotatable bonds is 2. The van der Waals surface area contributed by atoms with Gasteiger partial charge in [0.15, 0.2) is 5.78 Å². The molecule has 6 nitrogen and oxygen atoms in total. The number of hydrogen-bond donors (Lipinski definition) is 0. The maximum Gasteiger partial charge on any atom is 0.308 e. The van der Waals surface area contributed by atoms with Crippen LogP contribution >= 0.6 is 0 Å². The summed E-state index contributed by atoms with van der Waals surface area (Å²) in [5.41, 5.74) is 0.144. The second kappa shape index (κ2) is 6.33. The molecule has 0 N–H and O–H groups in total. The molecule has 1 spiro atoms. The number of amides is 1. The Hall–Kier alpha value is -2.37.